The Balaban J connectivity index is 1.89. The number of phenolic OH excluding ortho intramolecular Hbond substituents is 1. The summed E-state index contributed by atoms with van der Waals surface area (Å²) in [4.78, 5) is 14.4. The molecule has 2 heterocycles. The Morgan fingerprint density at radius 2 is 2.04 bits per heavy atom. The van der Waals surface area contributed by atoms with Crippen LogP contribution in [0.25, 0.3) is 11.0 Å². The van der Waals surface area contributed by atoms with E-state index in [2.05, 4.69) is 4.90 Å². The Morgan fingerprint density at radius 1 is 1.29 bits per heavy atom. The van der Waals surface area contributed by atoms with Gasteiger partial charge in [0.15, 0.2) is 17.1 Å². The molecule has 3 rings (SSSR count). The van der Waals surface area contributed by atoms with E-state index in [-0.39, 0.29) is 22.8 Å². The summed E-state index contributed by atoms with van der Waals surface area (Å²) in [6.07, 6.45) is 5.15. The van der Waals surface area contributed by atoms with Crippen LogP contribution in [0.5, 0.6) is 17.2 Å². The van der Waals surface area contributed by atoms with Crippen LogP contribution in [0.1, 0.15) is 36.5 Å². The van der Waals surface area contributed by atoms with Gasteiger partial charge in [0.1, 0.15) is 17.9 Å². The molecule has 0 spiro atoms. The molecule has 0 saturated carbocycles. The van der Waals surface area contributed by atoms with Gasteiger partial charge >= 0.3 is 0 Å². The predicted octanol–water partition coefficient (Wildman–Crippen LogP) is 3.21. The van der Waals surface area contributed by atoms with Gasteiger partial charge in [0.25, 0.3) is 0 Å². The van der Waals surface area contributed by atoms with Crippen molar-refractivity contribution in [2.24, 2.45) is 0 Å². The summed E-state index contributed by atoms with van der Waals surface area (Å²) in [5.41, 5.74) is 0.521. The highest BCUT2D eigenvalue weighted by Crippen LogP contribution is 2.46. The van der Waals surface area contributed by atoms with Gasteiger partial charge in [0.05, 0.1) is 18.8 Å². The summed E-state index contributed by atoms with van der Waals surface area (Å²) in [7, 11) is 1.50. The summed E-state index contributed by atoms with van der Waals surface area (Å²) in [5.74, 6) is 0.195. The maximum atomic E-state index is 12.0. The molecule has 6 heteroatoms. The number of piperidine rings is 1. The number of ether oxygens (including phenoxy) is 2. The quantitative estimate of drug-likeness (QED) is 0.819. The van der Waals surface area contributed by atoms with Crippen molar-refractivity contribution in [2.75, 3.05) is 33.4 Å². The van der Waals surface area contributed by atoms with Gasteiger partial charge in [0.2, 0.25) is 5.75 Å². The first-order valence-corrected chi connectivity index (χ1v) is 8.29. The molecule has 1 saturated heterocycles. The number of hydrogen-bond acceptors (Lipinski definition) is 6. The minimum Gasteiger partial charge on any atom is -0.506 e. The van der Waals surface area contributed by atoms with Crippen molar-refractivity contribution < 1.29 is 23.8 Å². The highest BCUT2D eigenvalue weighted by atomic mass is 16.5. The number of likely N-dealkylation sites (tertiary alicyclic amines) is 1. The number of ketones is 1. The molecule has 1 aliphatic rings. The molecule has 1 fully saturated rings. The SMILES string of the molecule is COc1c(OCCN2CCCCC2)c(C(C)=O)c(O)c2ccoc12. The first-order chi connectivity index (χ1) is 11.6. The topological polar surface area (TPSA) is 72.1 Å². The molecular formula is C18H23NO5. The lowest BCUT2D eigenvalue weighted by Crippen LogP contribution is -2.33. The average Bonchev–Trinajstić information content (AvgIpc) is 3.06. The smallest absolute Gasteiger partial charge is 0.205 e. The molecule has 0 bridgehead atoms. The molecule has 0 unspecified atom stereocenters. The molecule has 1 aromatic heterocycles. The molecule has 24 heavy (non-hydrogen) atoms. The second kappa shape index (κ2) is 7.13. The number of rotatable bonds is 6. The molecule has 1 aliphatic heterocycles. The molecule has 0 aliphatic carbocycles. The Kier molecular flexibility index (Phi) is 4.94. The summed E-state index contributed by atoms with van der Waals surface area (Å²) in [6.45, 7) is 4.74. The van der Waals surface area contributed by atoms with E-state index < -0.39 is 0 Å². The minimum atomic E-state index is -0.276. The van der Waals surface area contributed by atoms with Gasteiger partial charge in [-0.05, 0) is 38.9 Å². The van der Waals surface area contributed by atoms with E-state index in [0.29, 0.717) is 23.3 Å². The van der Waals surface area contributed by atoms with E-state index in [0.717, 1.165) is 19.6 Å². The van der Waals surface area contributed by atoms with E-state index >= 15 is 0 Å². The number of carbonyl (C=O) groups excluding carboxylic acids is 1. The lowest BCUT2D eigenvalue weighted by molar-refractivity contribution is 0.100. The van der Waals surface area contributed by atoms with Crippen molar-refractivity contribution in [1.29, 1.82) is 0 Å². The van der Waals surface area contributed by atoms with Crippen LogP contribution >= 0.6 is 0 Å². The number of nitrogens with zero attached hydrogens (tertiary/aromatic N) is 1. The first-order valence-electron chi connectivity index (χ1n) is 8.29. The number of phenols is 1. The van der Waals surface area contributed by atoms with E-state index in [9.17, 15) is 9.90 Å². The van der Waals surface area contributed by atoms with Gasteiger partial charge in [-0.15, -0.1) is 0 Å². The van der Waals surface area contributed by atoms with E-state index in [4.69, 9.17) is 13.9 Å². The second-order valence-electron chi connectivity index (χ2n) is 6.06. The number of furan rings is 1. The maximum Gasteiger partial charge on any atom is 0.205 e. The molecule has 130 valence electrons. The van der Waals surface area contributed by atoms with E-state index in [1.807, 2.05) is 0 Å². The van der Waals surface area contributed by atoms with Crippen LogP contribution in [-0.2, 0) is 0 Å². The molecule has 0 atom stereocenters. The lowest BCUT2D eigenvalue weighted by Gasteiger charge is -2.26. The fraction of sp³-hybridized carbons (Fsp3) is 0.500. The van der Waals surface area contributed by atoms with Crippen LogP contribution in [0.2, 0.25) is 0 Å². The zero-order valence-corrected chi connectivity index (χ0v) is 14.1. The van der Waals surface area contributed by atoms with Crippen molar-refractivity contribution >= 4 is 16.8 Å². The Hall–Kier alpha value is -2.21. The summed E-state index contributed by atoms with van der Waals surface area (Å²) in [5, 5.41) is 10.9. The van der Waals surface area contributed by atoms with Gasteiger partial charge in [-0.2, -0.15) is 0 Å². The highest BCUT2D eigenvalue weighted by molar-refractivity contribution is 6.07. The third-order valence-electron chi connectivity index (χ3n) is 4.46. The maximum absolute atomic E-state index is 12.0. The third kappa shape index (κ3) is 3.06. The average molecular weight is 333 g/mol. The highest BCUT2D eigenvalue weighted by Gasteiger charge is 2.26. The fourth-order valence-electron chi connectivity index (χ4n) is 3.24. The fourth-order valence-corrected chi connectivity index (χ4v) is 3.24. The second-order valence-corrected chi connectivity index (χ2v) is 6.06. The Labute approximate surface area is 140 Å². The number of aromatic hydroxyl groups is 1. The number of methoxy groups -OCH3 is 1. The van der Waals surface area contributed by atoms with Crippen molar-refractivity contribution in [1.82, 2.24) is 4.90 Å². The van der Waals surface area contributed by atoms with Crippen LogP contribution in [-0.4, -0.2) is 49.1 Å². The van der Waals surface area contributed by atoms with Crippen LogP contribution in [0, 0.1) is 0 Å². The van der Waals surface area contributed by atoms with Crippen LogP contribution in [0.15, 0.2) is 16.7 Å². The predicted molar refractivity (Wildman–Crippen MR) is 90.2 cm³/mol. The number of benzene rings is 1. The van der Waals surface area contributed by atoms with Gasteiger partial charge in [-0.25, -0.2) is 0 Å². The van der Waals surface area contributed by atoms with Crippen molar-refractivity contribution in [3.05, 3.63) is 17.9 Å². The van der Waals surface area contributed by atoms with E-state index in [1.54, 1.807) is 6.07 Å². The van der Waals surface area contributed by atoms with Crippen molar-refractivity contribution in [3.63, 3.8) is 0 Å². The van der Waals surface area contributed by atoms with Gasteiger partial charge in [0, 0.05) is 6.54 Å². The monoisotopic (exact) mass is 333 g/mol. The largest absolute Gasteiger partial charge is 0.506 e. The third-order valence-corrected chi connectivity index (χ3v) is 4.46. The number of fused-ring (bicyclic) bond motifs is 1. The Bertz CT molecular complexity index is 731. The zero-order chi connectivity index (χ0) is 17.1. The normalized spacial score (nSPS) is 15.6. The summed E-state index contributed by atoms with van der Waals surface area (Å²) >= 11 is 0. The summed E-state index contributed by atoms with van der Waals surface area (Å²) in [6, 6.07) is 1.61. The number of Topliss-reactive ketones (excluding diaryl/α,β-unsaturated/α-hetero) is 1. The van der Waals surface area contributed by atoms with Gasteiger partial charge < -0.3 is 19.0 Å². The number of carbonyl (C=O) groups is 1. The lowest BCUT2D eigenvalue weighted by atomic mass is 10.0. The minimum absolute atomic E-state index is 0.125. The standard InChI is InChI=1S/C18H23NO5/c1-12(20)14-15(21)13-6-10-23-16(13)18(22-2)17(14)24-11-9-19-7-4-3-5-8-19/h6,10,21H,3-5,7-9,11H2,1-2H3. The van der Waals surface area contributed by atoms with Crippen molar-refractivity contribution in [3.8, 4) is 17.2 Å². The molecule has 6 nitrogen and oxygen atoms in total. The molecular weight excluding hydrogens is 310 g/mol. The number of hydrogen-bond donors (Lipinski definition) is 1. The molecule has 0 amide bonds. The molecule has 1 N–H and O–H groups in total. The van der Waals surface area contributed by atoms with Crippen molar-refractivity contribution in [2.45, 2.75) is 26.2 Å². The van der Waals surface area contributed by atoms with Crippen LogP contribution < -0.4 is 9.47 Å². The molecule has 0 radical (unpaired) electrons. The van der Waals surface area contributed by atoms with Crippen LogP contribution in [0.4, 0.5) is 0 Å². The molecule has 2 aromatic rings. The van der Waals surface area contributed by atoms with E-state index in [1.165, 1.54) is 39.6 Å². The zero-order valence-electron chi connectivity index (χ0n) is 14.1. The Morgan fingerprint density at radius 3 is 2.71 bits per heavy atom. The van der Waals surface area contributed by atoms with Gasteiger partial charge in [-0.1, -0.05) is 6.42 Å². The molecule has 1 aromatic carbocycles. The van der Waals surface area contributed by atoms with Gasteiger partial charge in [-0.3, -0.25) is 9.69 Å². The first kappa shape index (κ1) is 16.6. The van der Waals surface area contributed by atoms with Crippen LogP contribution in [0.3, 0.4) is 0 Å². The summed E-state index contributed by atoms with van der Waals surface area (Å²) < 4.78 is 16.7.